The highest BCUT2D eigenvalue weighted by Gasteiger charge is 2.29. The van der Waals surface area contributed by atoms with E-state index >= 15 is 0 Å². The molecule has 0 aromatic heterocycles. The summed E-state index contributed by atoms with van der Waals surface area (Å²) in [6.45, 7) is -0.217. The van der Waals surface area contributed by atoms with Gasteiger partial charge in [0.2, 0.25) is 17.7 Å². The number of carbonyl (C=O) groups excluding carboxylic acids is 3. The molecular weight excluding hydrogens is 474 g/mol. The van der Waals surface area contributed by atoms with Crippen molar-refractivity contribution in [3.63, 3.8) is 0 Å². The number of carbonyl (C=O) groups is 5. The molecule has 1 aromatic rings. The van der Waals surface area contributed by atoms with Gasteiger partial charge in [-0.25, -0.2) is 4.79 Å². The number of nitrogens with zero attached hydrogens (tertiary/aromatic N) is 1. The number of carboxylic acid groups (broad SMARTS) is 2. The van der Waals surface area contributed by atoms with Crippen LogP contribution in [0.25, 0.3) is 0 Å². The van der Waals surface area contributed by atoms with Gasteiger partial charge >= 0.3 is 11.9 Å². The van der Waals surface area contributed by atoms with E-state index in [1.165, 1.54) is 0 Å². The van der Waals surface area contributed by atoms with Crippen molar-refractivity contribution in [1.29, 1.82) is 0 Å². The van der Waals surface area contributed by atoms with E-state index in [9.17, 15) is 29.1 Å². The fraction of sp³-hybridized carbons (Fsp3) is 0.455. The van der Waals surface area contributed by atoms with E-state index < -0.39 is 54.2 Å². The van der Waals surface area contributed by atoms with E-state index in [-0.39, 0.29) is 44.7 Å². The van der Waals surface area contributed by atoms with Gasteiger partial charge in [-0.2, -0.15) is 0 Å². The predicted molar refractivity (Wildman–Crippen MR) is 129 cm³/mol. The molecule has 3 atom stereocenters. The average molecular weight is 508 g/mol. The molecule has 0 spiro atoms. The van der Waals surface area contributed by atoms with Crippen LogP contribution in [0.15, 0.2) is 35.3 Å². The molecule has 3 amide bonds. The molecule has 14 heteroatoms. The van der Waals surface area contributed by atoms with Gasteiger partial charge in [0, 0.05) is 19.4 Å². The molecule has 1 rings (SSSR count). The van der Waals surface area contributed by atoms with Crippen LogP contribution in [0.5, 0.6) is 0 Å². The third-order valence-corrected chi connectivity index (χ3v) is 4.96. The van der Waals surface area contributed by atoms with Crippen LogP contribution in [0.1, 0.15) is 31.2 Å². The number of amides is 3. The first kappa shape index (κ1) is 29.8. The van der Waals surface area contributed by atoms with Crippen LogP contribution in [0.3, 0.4) is 0 Å². The number of nitrogens with two attached hydrogens (primary N) is 3. The summed E-state index contributed by atoms with van der Waals surface area (Å²) in [6.07, 6.45) is -0.446. The molecule has 0 bridgehead atoms. The Morgan fingerprint density at radius 1 is 0.861 bits per heavy atom. The Bertz CT molecular complexity index is 936. The van der Waals surface area contributed by atoms with Gasteiger partial charge in [-0.3, -0.25) is 24.2 Å². The standard InChI is InChI=1S/C22H33N7O7/c23-12-17(30)27-16(11-13-5-2-1-3-6-13)20(34)28-14(7-4-10-26-22(24)25)19(33)29-15(21(35)36)8-9-18(31)32/h1-3,5-6,14-16H,4,7-12,23H2,(H,27,30)(H,28,34)(H,29,33)(H,31,32)(H,35,36)(H4,24,25,26). The van der Waals surface area contributed by atoms with Crippen LogP contribution in [0, 0.1) is 0 Å². The Kier molecular flexibility index (Phi) is 13.0. The van der Waals surface area contributed by atoms with E-state index in [1.807, 2.05) is 0 Å². The van der Waals surface area contributed by atoms with Gasteiger partial charge in [-0.05, 0) is 24.8 Å². The first-order chi connectivity index (χ1) is 17.0. The number of rotatable bonds is 16. The molecule has 0 fully saturated rings. The van der Waals surface area contributed by atoms with Crippen molar-refractivity contribution in [3.8, 4) is 0 Å². The van der Waals surface area contributed by atoms with Gasteiger partial charge in [0.1, 0.15) is 18.1 Å². The number of hydrogen-bond donors (Lipinski definition) is 8. The van der Waals surface area contributed by atoms with E-state index in [2.05, 4.69) is 20.9 Å². The van der Waals surface area contributed by atoms with Gasteiger partial charge in [0.15, 0.2) is 5.96 Å². The lowest BCUT2D eigenvalue weighted by atomic mass is 10.0. The van der Waals surface area contributed by atoms with Gasteiger partial charge < -0.3 is 43.4 Å². The van der Waals surface area contributed by atoms with Crippen molar-refractivity contribution in [3.05, 3.63) is 35.9 Å². The Morgan fingerprint density at radius 3 is 2.03 bits per heavy atom. The molecule has 0 saturated heterocycles. The van der Waals surface area contributed by atoms with E-state index in [1.54, 1.807) is 30.3 Å². The van der Waals surface area contributed by atoms with Crippen LogP contribution in [0.2, 0.25) is 0 Å². The van der Waals surface area contributed by atoms with Gasteiger partial charge in [0.05, 0.1) is 6.54 Å². The third-order valence-electron chi connectivity index (χ3n) is 4.96. The molecule has 0 aliphatic heterocycles. The van der Waals surface area contributed by atoms with E-state index in [4.69, 9.17) is 22.3 Å². The molecule has 0 saturated carbocycles. The number of benzene rings is 1. The van der Waals surface area contributed by atoms with Crippen LogP contribution in [-0.2, 0) is 30.4 Å². The van der Waals surface area contributed by atoms with Crippen LogP contribution < -0.4 is 33.2 Å². The Hall–Kier alpha value is -4.20. The predicted octanol–water partition coefficient (Wildman–Crippen LogP) is -2.35. The summed E-state index contributed by atoms with van der Waals surface area (Å²) in [6, 6.07) is 5.06. The highest BCUT2D eigenvalue weighted by atomic mass is 16.4. The second kappa shape index (κ2) is 15.7. The first-order valence-electron chi connectivity index (χ1n) is 11.2. The summed E-state index contributed by atoms with van der Waals surface area (Å²) in [5.41, 5.74) is 16.7. The average Bonchev–Trinajstić information content (AvgIpc) is 2.82. The fourth-order valence-corrected chi connectivity index (χ4v) is 3.15. The van der Waals surface area contributed by atoms with Gasteiger partial charge in [-0.15, -0.1) is 0 Å². The summed E-state index contributed by atoms with van der Waals surface area (Å²) >= 11 is 0. The van der Waals surface area contributed by atoms with E-state index in [0.717, 1.165) is 5.56 Å². The number of hydrogen-bond acceptors (Lipinski definition) is 7. The molecule has 11 N–H and O–H groups in total. The maximum Gasteiger partial charge on any atom is 0.326 e. The normalized spacial score (nSPS) is 12.9. The summed E-state index contributed by atoms with van der Waals surface area (Å²) in [5.74, 6) is -4.93. The largest absolute Gasteiger partial charge is 0.481 e. The van der Waals surface area contributed by atoms with Crippen LogP contribution in [-0.4, -0.2) is 77.0 Å². The monoisotopic (exact) mass is 507 g/mol. The molecule has 3 unspecified atom stereocenters. The van der Waals surface area contributed by atoms with Crippen molar-refractivity contribution >= 4 is 35.6 Å². The minimum atomic E-state index is -1.48. The zero-order valence-corrected chi connectivity index (χ0v) is 19.7. The highest BCUT2D eigenvalue weighted by molar-refractivity contribution is 5.93. The van der Waals surface area contributed by atoms with Crippen LogP contribution >= 0.6 is 0 Å². The topological polar surface area (TPSA) is 252 Å². The molecule has 14 nitrogen and oxygen atoms in total. The highest BCUT2D eigenvalue weighted by Crippen LogP contribution is 2.07. The lowest BCUT2D eigenvalue weighted by Crippen LogP contribution is -2.56. The molecule has 1 aromatic carbocycles. The number of guanidine groups is 1. The molecule has 0 heterocycles. The summed E-state index contributed by atoms with van der Waals surface area (Å²) in [7, 11) is 0. The lowest BCUT2D eigenvalue weighted by Gasteiger charge is -2.24. The Morgan fingerprint density at radius 2 is 1.47 bits per heavy atom. The van der Waals surface area contributed by atoms with Crippen molar-refractivity contribution in [2.24, 2.45) is 22.2 Å². The number of aliphatic carboxylic acids is 2. The van der Waals surface area contributed by atoms with Crippen LogP contribution in [0.4, 0.5) is 0 Å². The Balaban J connectivity index is 3.05. The third kappa shape index (κ3) is 11.8. The molecule has 36 heavy (non-hydrogen) atoms. The maximum atomic E-state index is 13.1. The second-order valence-corrected chi connectivity index (χ2v) is 7.86. The zero-order chi connectivity index (χ0) is 27.1. The van der Waals surface area contributed by atoms with Crippen molar-refractivity contribution in [2.45, 2.75) is 50.2 Å². The number of carboxylic acids is 2. The SMILES string of the molecule is NCC(=O)NC(Cc1ccccc1)C(=O)NC(CCCN=C(N)N)C(=O)NC(CCC(=O)O)C(=O)O. The van der Waals surface area contributed by atoms with E-state index in [0.29, 0.717) is 0 Å². The fourth-order valence-electron chi connectivity index (χ4n) is 3.15. The summed E-state index contributed by atoms with van der Waals surface area (Å²) in [5, 5.41) is 25.5. The van der Waals surface area contributed by atoms with Gasteiger partial charge in [-0.1, -0.05) is 30.3 Å². The molecule has 0 aliphatic rings. The molecule has 198 valence electrons. The summed E-state index contributed by atoms with van der Waals surface area (Å²) in [4.78, 5) is 64.0. The van der Waals surface area contributed by atoms with Crippen molar-refractivity contribution in [1.82, 2.24) is 16.0 Å². The zero-order valence-electron chi connectivity index (χ0n) is 19.7. The lowest BCUT2D eigenvalue weighted by molar-refractivity contribution is -0.143. The van der Waals surface area contributed by atoms with Crippen molar-refractivity contribution < 1.29 is 34.2 Å². The van der Waals surface area contributed by atoms with Gasteiger partial charge in [0.25, 0.3) is 0 Å². The molecule has 0 aliphatic carbocycles. The first-order valence-corrected chi connectivity index (χ1v) is 11.2. The second-order valence-electron chi connectivity index (χ2n) is 7.86. The smallest absolute Gasteiger partial charge is 0.326 e. The Labute approximate surface area is 207 Å². The minimum Gasteiger partial charge on any atom is -0.481 e. The summed E-state index contributed by atoms with van der Waals surface area (Å²) < 4.78 is 0. The molecular formula is C22H33N7O7. The quantitative estimate of drug-likeness (QED) is 0.0671. The maximum absolute atomic E-state index is 13.1. The molecule has 0 radical (unpaired) electrons. The number of aliphatic imine (C=N–C) groups is 1. The van der Waals surface area contributed by atoms with Crippen molar-refractivity contribution in [2.75, 3.05) is 13.1 Å². The number of nitrogens with one attached hydrogen (secondary N) is 3. The minimum absolute atomic E-state index is 0.0303.